The Morgan fingerprint density at radius 1 is 1.33 bits per heavy atom. The first-order valence-corrected chi connectivity index (χ1v) is 7.31. The van der Waals surface area contributed by atoms with E-state index in [9.17, 15) is 4.79 Å². The maximum Gasteiger partial charge on any atom is 0.241 e. The van der Waals surface area contributed by atoms with Gasteiger partial charge in [-0.15, -0.1) is 0 Å². The number of carbonyl (C=O) groups is 1. The number of halogens is 3. The van der Waals surface area contributed by atoms with Gasteiger partial charge >= 0.3 is 0 Å². The van der Waals surface area contributed by atoms with Crippen LogP contribution in [0.4, 0.5) is 5.69 Å². The summed E-state index contributed by atoms with van der Waals surface area (Å²) in [6, 6.07) is 3.25. The average Bonchev–Trinajstić information content (AvgIpc) is 2.34. The van der Waals surface area contributed by atoms with Crippen LogP contribution in [-0.4, -0.2) is 18.5 Å². The molecule has 1 aliphatic rings. The third kappa shape index (κ3) is 3.38. The molecule has 0 bridgehead atoms. The molecule has 18 heavy (non-hydrogen) atoms. The van der Waals surface area contributed by atoms with Crippen LogP contribution >= 0.6 is 39.1 Å². The minimum Gasteiger partial charge on any atom is -0.322 e. The van der Waals surface area contributed by atoms with E-state index in [1.54, 1.807) is 12.1 Å². The van der Waals surface area contributed by atoms with Crippen LogP contribution in [-0.2, 0) is 4.79 Å². The first-order valence-electron chi connectivity index (χ1n) is 5.76. The van der Waals surface area contributed by atoms with E-state index in [2.05, 4.69) is 26.6 Å². The summed E-state index contributed by atoms with van der Waals surface area (Å²) in [7, 11) is 0. The molecule has 6 heteroatoms. The fourth-order valence-electron chi connectivity index (χ4n) is 1.95. The van der Waals surface area contributed by atoms with Gasteiger partial charge in [0.05, 0.1) is 21.8 Å². The fourth-order valence-corrected chi connectivity index (χ4v) is 3.25. The minimum absolute atomic E-state index is 0.0826. The summed E-state index contributed by atoms with van der Waals surface area (Å²) in [5.41, 5.74) is 0.471. The summed E-state index contributed by atoms with van der Waals surface area (Å²) >= 11 is 15.4. The molecule has 1 aromatic rings. The highest BCUT2D eigenvalue weighted by Gasteiger charge is 2.22. The second-order valence-electron chi connectivity index (χ2n) is 4.24. The van der Waals surface area contributed by atoms with Gasteiger partial charge in [0.15, 0.2) is 0 Å². The van der Waals surface area contributed by atoms with Crippen LogP contribution in [0.3, 0.4) is 0 Å². The maximum absolute atomic E-state index is 12.1. The van der Waals surface area contributed by atoms with Crippen LogP contribution in [0.15, 0.2) is 16.6 Å². The summed E-state index contributed by atoms with van der Waals surface area (Å²) in [4.78, 5) is 12.1. The largest absolute Gasteiger partial charge is 0.322 e. The number of rotatable bonds is 2. The van der Waals surface area contributed by atoms with E-state index >= 15 is 0 Å². The Labute approximate surface area is 124 Å². The van der Waals surface area contributed by atoms with Gasteiger partial charge in [0.2, 0.25) is 5.91 Å². The number of amides is 1. The summed E-state index contributed by atoms with van der Waals surface area (Å²) < 4.78 is 0.784. The lowest BCUT2D eigenvalue weighted by molar-refractivity contribution is -0.118. The summed E-state index contributed by atoms with van der Waals surface area (Å²) in [5, 5.41) is 6.83. The van der Waals surface area contributed by atoms with Gasteiger partial charge in [0.1, 0.15) is 0 Å². The monoisotopic (exact) mass is 350 g/mol. The third-order valence-electron chi connectivity index (χ3n) is 2.88. The molecule has 0 spiro atoms. The topological polar surface area (TPSA) is 41.1 Å². The first kappa shape index (κ1) is 14.1. The molecule has 1 amide bonds. The molecule has 0 unspecified atom stereocenters. The van der Waals surface area contributed by atoms with Crippen molar-refractivity contribution >= 4 is 50.7 Å². The lowest BCUT2D eigenvalue weighted by atomic mass is 10.0. The highest BCUT2D eigenvalue weighted by molar-refractivity contribution is 9.10. The number of benzene rings is 1. The predicted molar refractivity (Wildman–Crippen MR) is 78.4 cm³/mol. The number of carbonyl (C=O) groups excluding carboxylic acids is 1. The molecule has 0 saturated carbocycles. The Kier molecular flexibility index (Phi) is 4.90. The van der Waals surface area contributed by atoms with Crippen molar-refractivity contribution in [2.75, 3.05) is 11.9 Å². The van der Waals surface area contributed by atoms with Crippen LogP contribution in [0.25, 0.3) is 0 Å². The van der Waals surface area contributed by atoms with E-state index in [1.807, 2.05) is 0 Å². The number of anilines is 1. The smallest absolute Gasteiger partial charge is 0.241 e. The van der Waals surface area contributed by atoms with E-state index < -0.39 is 0 Å². The van der Waals surface area contributed by atoms with E-state index in [-0.39, 0.29) is 11.9 Å². The predicted octanol–water partition coefficient (Wildman–Crippen LogP) is 3.84. The number of piperidine rings is 1. The van der Waals surface area contributed by atoms with Gasteiger partial charge in [0, 0.05) is 4.47 Å². The Hall–Kier alpha value is -0.290. The molecule has 1 saturated heterocycles. The second kappa shape index (κ2) is 6.24. The summed E-state index contributed by atoms with van der Waals surface area (Å²) in [6.07, 6.45) is 3.02. The molecule has 2 rings (SSSR count). The highest BCUT2D eigenvalue weighted by atomic mass is 79.9. The van der Waals surface area contributed by atoms with Gasteiger partial charge in [0.25, 0.3) is 0 Å². The Morgan fingerprint density at radius 3 is 2.56 bits per heavy atom. The molecular weight excluding hydrogens is 339 g/mol. The average molecular weight is 352 g/mol. The molecule has 0 aromatic heterocycles. The normalized spacial score (nSPS) is 19.6. The number of hydrogen-bond acceptors (Lipinski definition) is 2. The van der Waals surface area contributed by atoms with Crippen LogP contribution in [0.5, 0.6) is 0 Å². The van der Waals surface area contributed by atoms with Gasteiger partial charge in [-0.3, -0.25) is 4.79 Å². The van der Waals surface area contributed by atoms with Crippen LogP contribution in [0, 0.1) is 0 Å². The second-order valence-corrected chi connectivity index (χ2v) is 5.97. The summed E-state index contributed by atoms with van der Waals surface area (Å²) in [6.45, 7) is 0.875. The van der Waals surface area contributed by atoms with E-state index in [0.29, 0.717) is 15.7 Å². The molecule has 3 nitrogen and oxygen atoms in total. The summed E-state index contributed by atoms with van der Waals surface area (Å²) in [5.74, 6) is -0.0826. The fraction of sp³-hybridized carbons (Fsp3) is 0.417. The van der Waals surface area contributed by atoms with Crippen molar-refractivity contribution in [1.82, 2.24) is 5.32 Å². The van der Waals surface area contributed by atoms with Crippen LogP contribution in [0.1, 0.15) is 19.3 Å². The lowest BCUT2D eigenvalue weighted by Crippen LogP contribution is -2.43. The van der Waals surface area contributed by atoms with Crippen molar-refractivity contribution in [3.63, 3.8) is 0 Å². The molecule has 0 radical (unpaired) electrons. The molecule has 1 atom stereocenters. The molecule has 1 heterocycles. The van der Waals surface area contributed by atoms with Crippen molar-refractivity contribution in [2.24, 2.45) is 0 Å². The quantitative estimate of drug-likeness (QED) is 0.849. The van der Waals surface area contributed by atoms with Crippen molar-refractivity contribution in [1.29, 1.82) is 0 Å². The zero-order valence-electron chi connectivity index (χ0n) is 9.60. The van der Waals surface area contributed by atoms with Crippen LogP contribution in [0.2, 0.25) is 10.0 Å². The minimum atomic E-state index is -0.158. The maximum atomic E-state index is 12.1. The molecule has 0 aliphatic carbocycles. The third-order valence-corrected chi connectivity index (χ3v) is 3.94. The van der Waals surface area contributed by atoms with Crippen molar-refractivity contribution in [2.45, 2.75) is 25.3 Å². The SMILES string of the molecule is O=C(Nc1c(Cl)cc(Br)cc1Cl)[C@@H]1CCCCN1. The Morgan fingerprint density at radius 2 is 2.00 bits per heavy atom. The van der Waals surface area contributed by atoms with E-state index in [1.165, 1.54) is 0 Å². The van der Waals surface area contributed by atoms with Crippen molar-refractivity contribution in [3.8, 4) is 0 Å². The standard InChI is InChI=1S/C12H13BrCl2N2O/c13-7-5-8(14)11(9(15)6-7)17-12(18)10-3-1-2-4-16-10/h5-6,10,16H,1-4H2,(H,17,18)/t10-/m0/s1. The van der Waals surface area contributed by atoms with Gasteiger partial charge in [-0.2, -0.15) is 0 Å². The molecular formula is C12H13BrCl2N2O. The first-order chi connectivity index (χ1) is 8.58. The van der Waals surface area contributed by atoms with E-state index in [0.717, 1.165) is 30.3 Å². The van der Waals surface area contributed by atoms with Crippen molar-refractivity contribution < 1.29 is 4.79 Å². The Balaban J connectivity index is 2.11. The zero-order chi connectivity index (χ0) is 13.1. The number of hydrogen-bond donors (Lipinski definition) is 2. The van der Waals surface area contributed by atoms with Crippen LogP contribution < -0.4 is 10.6 Å². The molecule has 2 N–H and O–H groups in total. The molecule has 1 aliphatic heterocycles. The van der Waals surface area contributed by atoms with Gasteiger partial charge in [-0.05, 0) is 31.5 Å². The van der Waals surface area contributed by atoms with E-state index in [4.69, 9.17) is 23.2 Å². The van der Waals surface area contributed by atoms with Crippen molar-refractivity contribution in [3.05, 3.63) is 26.7 Å². The van der Waals surface area contributed by atoms with Gasteiger partial charge < -0.3 is 10.6 Å². The lowest BCUT2D eigenvalue weighted by Gasteiger charge is -2.23. The number of nitrogens with one attached hydrogen (secondary N) is 2. The highest BCUT2D eigenvalue weighted by Crippen LogP contribution is 2.34. The zero-order valence-corrected chi connectivity index (χ0v) is 12.7. The Bertz CT molecular complexity index is 438. The molecule has 98 valence electrons. The van der Waals surface area contributed by atoms with Gasteiger partial charge in [-0.25, -0.2) is 0 Å². The molecule has 1 aromatic carbocycles. The van der Waals surface area contributed by atoms with Gasteiger partial charge in [-0.1, -0.05) is 45.6 Å². The molecule has 1 fully saturated rings.